The fourth-order valence-corrected chi connectivity index (χ4v) is 1.99. The van der Waals surface area contributed by atoms with Crippen LogP contribution in [0.4, 0.5) is 11.9 Å². The molecule has 8 heteroatoms. The van der Waals surface area contributed by atoms with Crippen molar-refractivity contribution in [2.45, 2.75) is 19.8 Å². The van der Waals surface area contributed by atoms with Crippen molar-refractivity contribution in [3.8, 4) is 10.7 Å². The highest BCUT2D eigenvalue weighted by Gasteiger charge is 2.16. The first kappa shape index (κ1) is 10.7. The minimum absolute atomic E-state index is 0.102. The monoisotopic (exact) mass is 237 g/mol. The molecule has 0 aliphatic carbocycles. The summed E-state index contributed by atoms with van der Waals surface area (Å²) in [5.74, 6) is 0.882. The molecular formula is C8H11N7S. The van der Waals surface area contributed by atoms with E-state index < -0.39 is 0 Å². The summed E-state index contributed by atoms with van der Waals surface area (Å²) < 4.78 is 3.89. The van der Waals surface area contributed by atoms with Gasteiger partial charge in [-0.05, 0) is 17.5 Å². The maximum atomic E-state index is 5.51. The lowest BCUT2D eigenvalue weighted by Gasteiger charge is -2.03. The molecule has 0 atom stereocenters. The highest BCUT2D eigenvalue weighted by Crippen LogP contribution is 2.28. The predicted octanol–water partition coefficient (Wildman–Crippen LogP) is 0.678. The van der Waals surface area contributed by atoms with E-state index in [0.29, 0.717) is 5.82 Å². The third-order valence-electron chi connectivity index (χ3n) is 1.93. The minimum atomic E-state index is 0.102. The van der Waals surface area contributed by atoms with Crippen molar-refractivity contribution in [3.05, 3.63) is 5.69 Å². The lowest BCUT2D eigenvalue weighted by atomic mass is 10.1. The zero-order chi connectivity index (χ0) is 11.7. The Kier molecular flexibility index (Phi) is 2.65. The third-order valence-corrected chi connectivity index (χ3v) is 2.67. The summed E-state index contributed by atoms with van der Waals surface area (Å²) in [6, 6.07) is 0. The first-order valence-corrected chi connectivity index (χ1v) is 5.45. The van der Waals surface area contributed by atoms with Crippen LogP contribution in [-0.2, 0) is 0 Å². The Morgan fingerprint density at radius 1 is 1.06 bits per heavy atom. The van der Waals surface area contributed by atoms with Gasteiger partial charge in [0.05, 0.1) is 5.69 Å². The van der Waals surface area contributed by atoms with E-state index in [4.69, 9.17) is 11.5 Å². The van der Waals surface area contributed by atoms with Crippen molar-refractivity contribution in [2.24, 2.45) is 0 Å². The van der Waals surface area contributed by atoms with Crippen LogP contribution in [0.3, 0.4) is 0 Å². The summed E-state index contributed by atoms with van der Waals surface area (Å²) in [7, 11) is 0. The van der Waals surface area contributed by atoms with Crippen molar-refractivity contribution in [1.82, 2.24) is 24.5 Å². The predicted molar refractivity (Wildman–Crippen MR) is 61.6 cm³/mol. The van der Waals surface area contributed by atoms with Crippen molar-refractivity contribution >= 4 is 23.4 Å². The number of hydrogen-bond acceptors (Lipinski definition) is 8. The van der Waals surface area contributed by atoms with Crippen LogP contribution in [0.5, 0.6) is 0 Å². The van der Waals surface area contributed by atoms with Gasteiger partial charge in [0.1, 0.15) is 4.88 Å². The van der Waals surface area contributed by atoms with E-state index in [1.165, 1.54) is 11.5 Å². The second kappa shape index (κ2) is 3.97. The molecule has 4 N–H and O–H groups in total. The van der Waals surface area contributed by atoms with Crippen LogP contribution in [0.15, 0.2) is 0 Å². The quantitative estimate of drug-likeness (QED) is 0.788. The molecule has 84 valence electrons. The molecule has 0 aromatic carbocycles. The van der Waals surface area contributed by atoms with E-state index in [0.717, 1.165) is 10.6 Å². The topological polar surface area (TPSA) is 116 Å². The summed E-state index contributed by atoms with van der Waals surface area (Å²) >= 11 is 1.22. The van der Waals surface area contributed by atoms with Crippen molar-refractivity contribution < 1.29 is 0 Å². The Balaban J connectivity index is 2.54. The minimum Gasteiger partial charge on any atom is -0.368 e. The maximum Gasteiger partial charge on any atom is 0.225 e. The van der Waals surface area contributed by atoms with Gasteiger partial charge in [-0.3, -0.25) is 0 Å². The molecule has 0 fully saturated rings. The van der Waals surface area contributed by atoms with Crippen molar-refractivity contribution in [2.75, 3.05) is 11.5 Å². The molecule has 0 unspecified atom stereocenters. The molecular weight excluding hydrogens is 226 g/mol. The SMILES string of the molecule is CC(C)c1nnsc1-c1nc(N)nc(N)n1. The summed E-state index contributed by atoms with van der Waals surface area (Å²) in [4.78, 5) is 12.6. The fourth-order valence-electron chi connectivity index (χ4n) is 1.24. The van der Waals surface area contributed by atoms with Gasteiger partial charge in [0.2, 0.25) is 11.9 Å². The van der Waals surface area contributed by atoms with E-state index in [2.05, 4.69) is 24.5 Å². The second-order valence-corrected chi connectivity index (χ2v) is 4.27. The summed E-state index contributed by atoms with van der Waals surface area (Å²) in [5.41, 5.74) is 11.9. The highest BCUT2D eigenvalue weighted by molar-refractivity contribution is 7.09. The number of nitrogens with zero attached hydrogens (tertiary/aromatic N) is 5. The van der Waals surface area contributed by atoms with Crippen molar-refractivity contribution in [3.63, 3.8) is 0 Å². The van der Waals surface area contributed by atoms with E-state index in [-0.39, 0.29) is 17.8 Å². The molecule has 16 heavy (non-hydrogen) atoms. The standard InChI is InChI=1S/C8H11N7S/c1-3(2)4-5(16-15-14-4)6-11-7(9)13-8(10)12-6/h3H,1-2H3,(H4,9,10,11,12,13). The smallest absolute Gasteiger partial charge is 0.225 e. The average molecular weight is 237 g/mol. The van der Waals surface area contributed by atoms with Crippen LogP contribution in [0.25, 0.3) is 10.7 Å². The molecule has 0 radical (unpaired) electrons. The number of nitrogen functional groups attached to an aromatic ring is 2. The molecule has 0 spiro atoms. The molecule has 0 amide bonds. The third kappa shape index (κ3) is 1.91. The number of anilines is 2. The largest absolute Gasteiger partial charge is 0.368 e. The Morgan fingerprint density at radius 3 is 2.25 bits per heavy atom. The maximum absolute atomic E-state index is 5.51. The molecule has 0 aliphatic rings. The average Bonchev–Trinajstić information content (AvgIpc) is 2.63. The summed E-state index contributed by atoms with van der Waals surface area (Å²) in [5, 5.41) is 4.04. The lowest BCUT2D eigenvalue weighted by Crippen LogP contribution is -2.04. The van der Waals surface area contributed by atoms with Crippen molar-refractivity contribution in [1.29, 1.82) is 0 Å². The van der Waals surface area contributed by atoms with Gasteiger partial charge in [-0.1, -0.05) is 18.3 Å². The van der Waals surface area contributed by atoms with Crippen LogP contribution in [0.2, 0.25) is 0 Å². The van der Waals surface area contributed by atoms with Gasteiger partial charge in [0, 0.05) is 0 Å². The Hall–Kier alpha value is -1.83. The first-order chi connectivity index (χ1) is 7.58. The summed E-state index contributed by atoms with van der Waals surface area (Å²) in [6.07, 6.45) is 0. The van der Waals surface area contributed by atoms with Gasteiger partial charge in [-0.15, -0.1) is 5.10 Å². The number of hydrogen-bond donors (Lipinski definition) is 2. The number of nitrogens with two attached hydrogens (primary N) is 2. The number of rotatable bonds is 2. The zero-order valence-electron chi connectivity index (χ0n) is 8.88. The molecule has 7 nitrogen and oxygen atoms in total. The molecule has 0 saturated carbocycles. The number of aromatic nitrogens is 5. The van der Waals surface area contributed by atoms with Gasteiger partial charge in [-0.25, -0.2) is 0 Å². The first-order valence-electron chi connectivity index (χ1n) is 4.67. The zero-order valence-corrected chi connectivity index (χ0v) is 9.69. The van der Waals surface area contributed by atoms with Crippen LogP contribution in [0, 0.1) is 0 Å². The Labute approximate surface area is 96.1 Å². The normalized spacial score (nSPS) is 10.9. The van der Waals surface area contributed by atoms with Gasteiger partial charge in [-0.2, -0.15) is 15.0 Å². The lowest BCUT2D eigenvalue weighted by molar-refractivity contribution is 0.812. The van der Waals surface area contributed by atoms with Gasteiger partial charge in [0.15, 0.2) is 5.82 Å². The van der Waals surface area contributed by atoms with Gasteiger partial charge in [0.25, 0.3) is 0 Å². The molecule has 0 saturated heterocycles. The van der Waals surface area contributed by atoms with Gasteiger partial charge >= 0.3 is 0 Å². The van der Waals surface area contributed by atoms with Crippen LogP contribution < -0.4 is 11.5 Å². The Bertz CT molecular complexity index is 487. The van der Waals surface area contributed by atoms with Crippen LogP contribution >= 0.6 is 11.5 Å². The molecule has 0 aliphatic heterocycles. The van der Waals surface area contributed by atoms with E-state index in [1.54, 1.807) is 0 Å². The molecule has 2 aromatic rings. The second-order valence-electron chi connectivity index (χ2n) is 3.52. The van der Waals surface area contributed by atoms with Crippen LogP contribution in [0.1, 0.15) is 25.5 Å². The summed E-state index contributed by atoms with van der Waals surface area (Å²) in [6.45, 7) is 4.04. The van der Waals surface area contributed by atoms with E-state index in [1.807, 2.05) is 13.8 Å². The van der Waals surface area contributed by atoms with E-state index >= 15 is 0 Å². The molecule has 0 bridgehead atoms. The fraction of sp³-hybridized carbons (Fsp3) is 0.375. The molecule has 2 heterocycles. The Morgan fingerprint density at radius 2 is 1.69 bits per heavy atom. The van der Waals surface area contributed by atoms with Crippen LogP contribution in [-0.4, -0.2) is 24.5 Å². The van der Waals surface area contributed by atoms with E-state index in [9.17, 15) is 0 Å². The molecule has 2 rings (SSSR count). The van der Waals surface area contributed by atoms with Gasteiger partial charge < -0.3 is 11.5 Å². The molecule has 2 aromatic heterocycles. The highest BCUT2D eigenvalue weighted by atomic mass is 32.1.